The van der Waals surface area contributed by atoms with Crippen LogP contribution in [0.2, 0.25) is 0 Å². The van der Waals surface area contributed by atoms with Crippen LogP contribution in [0.1, 0.15) is 22.8 Å². The Morgan fingerprint density at radius 1 is 0.583 bits per heavy atom. The monoisotopic (exact) mass is 308 g/mol. The van der Waals surface area contributed by atoms with Crippen LogP contribution >= 0.6 is 0 Å². The third kappa shape index (κ3) is 2.44. The molecule has 4 heteroatoms. The van der Waals surface area contributed by atoms with Gasteiger partial charge in [-0.25, -0.2) is 9.97 Å². The van der Waals surface area contributed by atoms with Crippen LogP contribution in [0.5, 0.6) is 0 Å². The molecule has 0 saturated carbocycles. The van der Waals surface area contributed by atoms with Gasteiger partial charge in [0.05, 0.1) is 22.8 Å². The summed E-state index contributed by atoms with van der Waals surface area (Å²) in [7, 11) is 0. The van der Waals surface area contributed by atoms with E-state index in [2.05, 4.69) is 32.1 Å². The molecule has 0 atom stereocenters. The summed E-state index contributed by atoms with van der Waals surface area (Å²) in [5, 5.41) is 0. The Labute approximate surface area is 138 Å². The summed E-state index contributed by atoms with van der Waals surface area (Å²) in [5.74, 6) is 0. The van der Waals surface area contributed by atoms with Gasteiger partial charge in [-0.3, -0.25) is 0 Å². The van der Waals surface area contributed by atoms with Crippen molar-refractivity contribution >= 4 is 46.4 Å². The molecule has 2 aliphatic rings. The van der Waals surface area contributed by atoms with Gasteiger partial charge in [-0.1, -0.05) is 0 Å². The van der Waals surface area contributed by atoms with E-state index in [4.69, 9.17) is 0 Å². The fourth-order valence-electron chi connectivity index (χ4n) is 2.81. The van der Waals surface area contributed by atoms with Crippen molar-refractivity contribution < 1.29 is 0 Å². The number of aromatic nitrogens is 4. The molecule has 112 valence electrons. The Bertz CT molecular complexity index is 984. The highest BCUT2D eigenvalue weighted by molar-refractivity contribution is 5.77. The highest BCUT2D eigenvalue weighted by Gasteiger charge is 2.01. The maximum absolute atomic E-state index is 4.60. The van der Waals surface area contributed by atoms with Crippen LogP contribution in [-0.4, -0.2) is 19.9 Å². The molecule has 5 heterocycles. The number of nitrogens with zero attached hydrogens (tertiary/aromatic N) is 2. The van der Waals surface area contributed by atoms with E-state index in [0.717, 1.165) is 44.8 Å². The smallest absolute Gasteiger partial charge is 0.0658 e. The first kappa shape index (κ1) is 13.1. The standard InChI is InChI=1S/C20H12N4/c1-2-14-10-16-5-6-18(23-16)12-20-8-7-19(24-20)11-17-4-3-15(22-17)9-13(1)21-14/h1-6,9-12,21,24H. The number of hydrogen-bond donors (Lipinski definition) is 2. The Kier molecular flexibility index (Phi) is 2.76. The van der Waals surface area contributed by atoms with Crippen molar-refractivity contribution in [1.29, 1.82) is 0 Å². The molecule has 0 spiro atoms. The lowest BCUT2D eigenvalue weighted by atomic mass is 10.3. The molecule has 3 aromatic heterocycles. The molecule has 0 fully saturated rings. The summed E-state index contributed by atoms with van der Waals surface area (Å²) in [6.45, 7) is 0. The third-order valence-electron chi connectivity index (χ3n) is 3.89. The molecule has 0 amide bonds. The Morgan fingerprint density at radius 2 is 1.04 bits per heavy atom. The van der Waals surface area contributed by atoms with Gasteiger partial charge in [-0.15, -0.1) is 0 Å². The van der Waals surface area contributed by atoms with Crippen molar-refractivity contribution in [2.24, 2.45) is 0 Å². The topological polar surface area (TPSA) is 57.4 Å². The van der Waals surface area contributed by atoms with E-state index in [1.165, 1.54) is 0 Å². The van der Waals surface area contributed by atoms with Crippen LogP contribution < -0.4 is 0 Å². The zero-order valence-corrected chi connectivity index (χ0v) is 12.7. The number of hydrogen-bond acceptors (Lipinski definition) is 2. The zero-order valence-electron chi connectivity index (χ0n) is 12.7. The Balaban J connectivity index is 1.85. The van der Waals surface area contributed by atoms with E-state index in [-0.39, 0.29) is 0 Å². The average Bonchev–Trinajstić information content (AvgIpc) is 3.32. The molecular formula is C20H12N4. The average molecular weight is 308 g/mol. The lowest BCUT2D eigenvalue weighted by molar-refractivity contribution is 1.31. The highest BCUT2D eigenvalue weighted by Crippen LogP contribution is 2.16. The largest absolute Gasteiger partial charge is 0.355 e. The van der Waals surface area contributed by atoms with Crippen molar-refractivity contribution in [3.05, 3.63) is 71.3 Å². The van der Waals surface area contributed by atoms with Gasteiger partial charge in [0.15, 0.2) is 0 Å². The summed E-state index contributed by atoms with van der Waals surface area (Å²) in [6.07, 6.45) is 7.97. The van der Waals surface area contributed by atoms with Crippen molar-refractivity contribution in [2.45, 2.75) is 0 Å². The third-order valence-corrected chi connectivity index (χ3v) is 3.89. The molecule has 0 aromatic carbocycles. The molecule has 0 aliphatic carbocycles. The lowest BCUT2D eigenvalue weighted by Crippen LogP contribution is -1.75. The molecular weight excluding hydrogens is 296 g/mol. The summed E-state index contributed by atoms with van der Waals surface area (Å²) in [4.78, 5) is 15.8. The molecule has 4 nitrogen and oxygen atoms in total. The van der Waals surface area contributed by atoms with Crippen molar-refractivity contribution in [2.75, 3.05) is 0 Å². The fraction of sp³-hybridized carbons (Fsp3) is 0. The van der Waals surface area contributed by atoms with Crippen LogP contribution in [0.25, 0.3) is 46.4 Å². The van der Waals surface area contributed by atoms with E-state index in [0.29, 0.717) is 0 Å². The van der Waals surface area contributed by atoms with E-state index in [1.54, 1.807) is 0 Å². The first-order chi connectivity index (χ1) is 11.8. The molecule has 2 N–H and O–H groups in total. The van der Waals surface area contributed by atoms with Gasteiger partial charge in [-0.2, -0.15) is 0 Å². The second-order valence-electron chi connectivity index (χ2n) is 5.74. The molecule has 8 bridgehead atoms. The van der Waals surface area contributed by atoms with E-state index >= 15 is 0 Å². The molecule has 3 aromatic rings. The van der Waals surface area contributed by atoms with Crippen molar-refractivity contribution in [1.82, 2.24) is 19.9 Å². The summed E-state index contributed by atoms with van der Waals surface area (Å²) in [6, 6.07) is 18.2. The number of rotatable bonds is 0. The first-order valence-electron chi connectivity index (χ1n) is 7.69. The number of H-pyrrole nitrogens is 2. The van der Waals surface area contributed by atoms with Gasteiger partial charge >= 0.3 is 0 Å². The molecule has 24 heavy (non-hydrogen) atoms. The second kappa shape index (κ2) is 5.06. The number of fused-ring (bicyclic) bond motifs is 8. The molecule has 5 rings (SSSR count). The van der Waals surface area contributed by atoms with Crippen LogP contribution in [0.3, 0.4) is 0 Å². The summed E-state index contributed by atoms with van der Waals surface area (Å²) in [5.41, 5.74) is 7.32. The van der Waals surface area contributed by atoms with Crippen LogP contribution in [-0.2, 0) is 0 Å². The van der Waals surface area contributed by atoms with Gasteiger partial charge in [0.2, 0.25) is 0 Å². The predicted octanol–water partition coefficient (Wildman–Crippen LogP) is 4.26. The number of nitrogens with one attached hydrogen (secondary N) is 2. The van der Waals surface area contributed by atoms with E-state index in [1.807, 2.05) is 60.7 Å². The minimum absolute atomic E-state index is 0.846. The van der Waals surface area contributed by atoms with Gasteiger partial charge in [-0.05, 0) is 60.7 Å². The first-order valence-corrected chi connectivity index (χ1v) is 7.69. The Morgan fingerprint density at radius 3 is 1.54 bits per heavy atom. The zero-order chi connectivity index (χ0) is 15.9. The quantitative estimate of drug-likeness (QED) is 0.449. The molecule has 0 saturated heterocycles. The van der Waals surface area contributed by atoms with Crippen molar-refractivity contribution in [3.8, 4) is 0 Å². The highest BCUT2D eigenvalue weighted by atomic mass is 14.8. The Hall–Kier alpha value is -3.40. The van der Waals surface area contributed by atoms with E-state index < -0.39 is 0 Å². The summed E-state index contributed by atoms with van der Waals surface area (Å²) >= 11 is 0. The van der Waals surface area contributed by atoms with Crippen LogP contribution in [0.15, 0.2) is 36.4 Å². The molecule has 0 unspecified atom stereocenters. The van der Waals surface area contributed by atoms with E-state index in [9.17, 15) is 0 Å². The second-order valence-corrected chi connectivity index (χ2v) is 5.74. The SMILES string of the molecule is [c]1[c]c2cc3nc(cc4ccc(cc5nc(cc1[nH]2)C=C5)[nH]4)C=C3. The number of aromatic amines is 2. The van der Waals surface area contributed by atoms with Crippen molar-refractivity contribution in [3.63, 3.8) is 0 Å². The van der Waals surface area contributed by atoms with Gasteiger partial charge in [0, 0.05) is 34.2 Å². The molecule has 2 radical (unpaired) electrons. The normalized spacial score (nSPS) is 12.7. The van der Waals surface area contributed by atoms with Gasteiger partial charge in [0.25, 0.3) is 0 Å². The fourth-order valence-corrected chi connectivity index (χ4v) is 2.81. The summed E-state index contributed by atoms with van der Waals surface area (Å²) < 4.78 is 0. The minimum atomic E-state index is 0.846. The molecule has 2 aliphatic heterocycles. The predicted molar refractivity (Wildman–Crippen MR) is 96.5 cm³/mol. The maximum atomic E-state index is 4.60. The lowest BCUT2D eigenvalue weighted by Gasteiger charge is -1.85. The van der Waals surface area contributed by atoms with Crippen LogP contribution in [0.4, 0.5) is 0 Å². The minimum Gasteiger partial charge on any atom is -0.355 e. The maximum Gasteiger partial charge on any atom is 0.0658 e. The van der Waals surface area contributed by atoms with Gasteiger partial charge < -0.3 is 9.97 Å². The van der Waals surface area contributed by atoms with Crippen LogP contribution in [0, 0.1) is 12.1 Å². The van der Waals surface area contributed by atoms with Gasteiger partial charge in [0.1, 0.15) is 0 Å².